The lowest BCUT2D eigenvalue weighted by atomic mass is 9.84. The van der Waals surface area contributed by atoms with Crippen molar-refractivity contribution in [1.29, 1.82) is 0 Å². The molecule has 1 aromatic heterocycles. The predicted octanol–water partition coefficient (Wildman–Crippen LogP) is 4.41. The number of nitrogens with one attached hydrogen (secondary N) is 2. The molecule has 0 saturated heterocycles. The lowest BCUT2D eigenvalue weighted by Crippen LogP contribution is -2.43. The second kappa shape index (κ2) is 8.42. The highest BCUT2D eigenvalue weighted by Crippen LogP contribution is 2.42. The van der Waals surface area contributed by atoms with Gasteiger partial charge in [-0.3, -0.25) is 9.59 Å². The van der Waals surface area contributed by atoms with Gasteiger partial charge in [0.1, 0.15) is 0 Å². The van der Waals surface area contributed by atoms with Crippen LogP contribution >= 0.6 is 34.5 Å². The van der Waals surface area contributed by atoms with Crippen molar-refractivity contribution >= 4 is 46.4 Å². The van der Waals surface area contributed by atoms with Crippen molar-refractivity contribution in [2.75, 3.05) is 13.1 Å². The van der Waals surface area contributed by atoms with E-state index in [0.29, 0.717) is 17.1 Å². The molecule has 0 atom stereocenters. The molecule has 3 rings (SSSR count). The Balaban J connectivity index is 1.53. The summed E-state index contributed by atoms with van der Waals surface area (Å²) in [5, 5.41) is 8.39. The van der Waals surface area contributed by atoms with Gasteiger partial charge in [-0.25, -0.2) is 0 Å². The minimum absolute atomic E-state index is 0.0350. The second-order valence-corrected chi connectivity index (χ2v) is 8.34. The molecule has 2 N–H and O–H groups in total. The lowest BCUT2D eigenvalue weighted by Gasteiger charge is -2.28. The summed E-state index contributed by atoms with van der Waals surface area (Å²) in [5.74, 6) is -0.595. The van der Waals surface area contributed by atoms with E-state index in [-0.39, 0.29) is 22.9 Å². The van der Waals surface area contributed by atoms with Crippen LogP contribution in [0, 0.1) is 0 Å². The van der Waals surface area contributed by atoms with E-state index in [4.69, 9.17) is 23.2 Å². The van der Waals surface area contributed by atoms with Gasteiger partial charge in [0.05, 0.1) is 17.1 Å². The maximum atomic E-state index is 12.2. The summed E-state index contributed by atoms with van der Waals surface area (Å²) in [7, 11) is 0. The standard InChI is InChI=1S/C19H20Cl2N2O2S/c20-13-5-6-14(15(21)10-13)18(25)22-11-17(24)23-12-19(7-1-2-8-19)16-4-3-9-26-16/h3-6,9-10H,1-2,7-8,11-12H2,(H,22,25)(H,23,24). The van der Waals surface area contributed by atoms with E-state index in [9.17, 15) is 9.59 Å². The number of halogens is 2. The molecule has 1 aliphatic carbocycles. The fraction of sp³-hybridized carbons (Fsp3) is 0.368. The van der Waals surface area contributed by atoms with E-state index >= 15 is 0 Å². The monoisotopic (exact) mass is 410 g/mol. The van der Waals surface area contributed by atoms with E-state index in [1.807, 2.05) is 0 Å². The van der Waals surface area contributed by atoms with E-state index in [1.165, 1.54) is 23.8 Å². The first-order chi connectivity index (χ1) is 12.5. The van der Waals surface area contributed by atoms with Gasteiger partial charge in [-0.05, 0) is 42.5 Å². The molecule has 0 bridgehead atoms. The molecule has 7 heteroatoms. The number of hydrogen-bond acceptors (Lipinski definition) is 3. The molecule has 0 radical (unpaired) electrons. The second-order valence-electron chi connectivity index (χ2n) is 6.55. The van der Waals surface area contributed by atoms with E-state index in [2.05, 4.69) is 28.1 Å². The summed E-state index contributed by atoms with van der Waals surface area (Å²) in [6, 6.07) is 8.84. The number of benzene rings is 1. The van der Waals surface area contributed by atoms with Gasteiger partial charge in [0.15, 0.2) is 0 Å². The van der Waals surface area contributed by atoms with Crippen LogP contribution in [0.15, 0.2) is 35.7 Å². The van der Waals surface area contributed by atoms with Gasteiger partial charge in [0.25, 0.3) is 5.91 Å². The first-order valence-electron chi connectivity index (χ1n) is 8.54. The number of carbonyl (C=O) groups is 2. The molecular weight excluding hydrogens is 391 g/mol. The smallest absolute Gasteiger partial charge is 0.253 e. The van der Waals surface area contributed by atoms with Gasteiger partial charge in [-0.15, -0.1) is 11.3 Å². The van der Waals surface area contributed by atoms with Gasteiger partial charge in [0.2, 0.25) is 5.91 Å². The zero-order valence-electron chi connectivity index (χ0n) is 14.2. The van der Waals surface area contributed by atoms with Gasteiger partial charge in [-0.2, -0.15) is 0 Å². The summed E-state index contributed by atoms with van der Waals surface area (Å²) in [5.41, 5.74) is 0.336. The summed E-state index contributed by atoms with van der Waals surface area (Å²) >= 11 is 13.6. The van der Waals surface area contributed by atoms with Crippen molar-refractivity contribution in [3.05, 3.63) is 56.2 Å². The molecular formula is C19H20Cl2N2O2S. The lowest BCUT2D eigenvalue weighted by molar-refractivity contribution is -0.120. The van der Waals surface area contributed by atoms with Crippen molar-refractivity contribution in [3.63, 3.8) is 0 Å². The van der Waals surface area contributed by atoms with Crippen molar-refractivity contribution < 1.29 is 9.59 Å². The Kier molecular flexibility index (Phi) is 6.22. The zero-order chi connectivity index (χ0) is 18.6. The molecule has 2 amide bonds. The SMILES string of the molecule is O=C(CNC(=O)c1ccc(Cl)cc1Cl)NCC1(c2cccs2)CCCC1. The zero-order valence-corrected chi connectivity index (χ0v) is 16.5. The molecule has 26 heavy (non-hydrogen) atoms. The Morgan fingerprint density at radius 2 is 1.88 bits per heavy atom. The molecule has 0 aliphatic heterocycles. The van der Waals surface area contributed by atoms with Gasteiger partial charge >= 0.3 is 0 Å². The summed E-state index contributed by atoms with van der Waals surface area (Å²) in [6.07, 6.45) is 4.53. The highest BCUT2D eigenvalue weighted by atomic mass is 35.5. The van der Waals surface area contributed by atoms with Gasteiger partial charge in [-0.1, -0.05) is 42.1 Å². The highest BCUT2D eigenvalue weighted by molar-refractivity contribution is 7.10. The van der Waals surface area contributed by atoms with Crippen molar-refractivity contribution in [2.45, 2.75) is 31.1 Å². The van der Waals surface area contributed by atoms with Crippen LogP contribution in [0.2, 0.25) is 10.0 Å². The maximum absolute atomic E-state index is 12.2. The van der Waals surface area contributed by atoms with Gasteiger partial charge < -0.3 is 10.6 Å². The molecule has 2 aromatic rings. The van der Waals surface area contributed by atoms with Crippen LogP contribution in [0.25, 0.3) is 0 Å². The molecule has 1 aromatic carbocycles. The molecule has 1 saturated carbocycles. The molecule has 0 spiro atoms. The summed E-state index contributed by atoms with van der Waals surface area (Å²) in [4.78, 5) is 25.7. The van der Waals surface area contributed by atoms with Crippen LogP contribution in [0.4, 0.5) is 0 Å². The van der Waals surface area contributed by atoms with Crippen molar-refractivity contribution in [2.24, 2.45) is 0 Å². The van der Waals surface area contributed by atoms with Crippen LogP contribution in [0.1, 0.15) is 40.9 Å². The molecule has 1 heterocycles. The Hall–Kier alpha value is -1.56. The van der Waals surface area contributed by atoms with Crippen LogP contribution in [0.5, 0.6) is 0 Å². The van der Waals surface area contributed by atoms with Crippen LogP contribution in [-0.2, 0) is 10.2 Å². The topological polar surface area (TPSA) is 58.2 Å². The maximum Gasteiger partial charge on any atom is 0.253 e. The third-order valence-corrected chi connectivity index (χ3v) is 6.48. The quantitative estimate of drug-likeness (QED) is 0.740. The minimum atomic E-state index is -0.393. The Labute approximate surface area is 166 Å². The Bertz CT molecular complexity index is 787. The third kappa shape index (κ3) is 4.40. The van der Waals surface area contributed by atoms with Gasteiger partial charge in [0, 0.05) is 21.9 Å². The van der Waals surface area contributed by atoms with Crippen LogP contribution in [-0.4, -0.2) is 24.9 Å². The number of amides is 2. The summed E-state index contributed by atoms with van der Waals surface area (Å²) < 4.78 is 0. The Morgan fingerprint density at radius 3 is 2.54 bits per heavy atom. The first-order valence-corrected chi connectivity index (χ1v) is 10.2. The average Bonchev–Trinajstić information content (AvgIpc) is 3.30. The summed E-state index contributed by atoms with van der Waals surface area (Å²) in [6.45, 7) is 0.516. The molecule has 4 nitrogen and oxygen atoms in total. The normalized spacial score (nSPS) is 15.6. The molecule has 138 valence electrons. The number of hydrogen-bond donors (Lipinski definition) is 2. The Morgan fingerprint density at radius 1 is 1.12 bits per heavy atom. The van der Waals surface area contributed by atoms with Crippen molar-refractivity contribution in [1.82, 2.24) is 10.6 Å². The minimum Gasteiger partial charge on any atom is -0.354 e. The third-order valence-electron chi connectivity index (χ3n) is 4.81. The van der Waals surface area contributed by atoms with Crippen LogP contribution < -0.4 is 10.6 Å². The largest absolute Gasteiger partial charge is 0.354 e. The number of carbonyl (C=O) groups excluding carboxylic acids is 2. The van der Waals surface area contributed by atoms with Crippen molar-refractivity contribution in [3.8, 4) is 0 Å². The fourth-order valence-electron chi connectivity index (χ4n) is 3.40. The fourth-order valence-corrected chi connectivity index (χ4v) is 4.88. The van der Waals surface area contributed by atoms with E-state index < -0.39 is 5.91 Å². The number of thiophene rings is 1. The van der Waals surface area contributed by atoms with Crippen LogP contribution in [0.3, 0.4) is 0 Å². The van der Waals surface area contributed by atoms with E-state index in [1.54, 1.807) is 23.5 Å². The predicted molar refractivity (Wildman–Crippen MR) is 106 cm³/mol. The molecule has 1 fully saturated rings. The first kappa shape index (κ1) is 19.2. The highest BCUT2D eigenvalue weighted by Gasteiger charge is 2.36. The molecule has 1 aliphatic rings. The van der Waals surface area contributed by atoms with E-state index in [0.717, 1.165) is 12.8 Å². The molecule has 0 unspecified atom stereocenters. The average molecular weight is 411 g/mol. The number of rotatable bonds is 6.